The maximum Gasteiger partial charge on any atom is 0.170 e. The van der Waals surface area contributed by atoms with Crippen LogP contribution in [0.15, 0.2) is 18.2 Å². The normalized spacial score (nSPS) is 10.2. The first-order valence-electron chi connectivity index (χ1n) is 5.71. The SMILES string of the molecule is CCOCCCNC(=S)Nc1ccc(Cl)cc1F. The van der Waals surface area contributed by atoms with E-state index in [4.69, 9.17) is 28.6 Å². The Kier molecular flexibility index (Phi) is 6.93. The summed E-state index contributed by atoms with van der Waals surface area (Å²) in [5, 5.41) is 6.48. The van der Waals surface area contributed by atoms with E-state index in [0.717, 1.165) is 6.42 Å². The van der Waals surface area contributed by atoms with Crippen LogP contribution in [-0.2, 0) is 4.74 Å². The van der Waals surface area contributed by atoms with E-state index in [0.29, 0.717) is 35.6 Å². The van der Waals surface area contributed by atoms with Gasteiger partial charge < -0.3 is 15.4 Å². The number of thiocarbonyl (C=S) groups is 1. The van der Waals surface area contributed by atoms with Gasteiger partial charge in [0.2, 0.25) is 0 Å². The molecule has 0 atom stereocenters. The number of halogens is 2. The number of hydrogen-bond donors (Lipinski definition) is 2. The summed E-state index contributed by atoms with van der Waals surface area (Å²) in [4.78, 5) is 0. The van der Waals surface area contributed by atoms with Crippen molar-refractivity contribution < 1.29 is 9.13 Å². The summed E-state index contributed by atoms with van der Waals surface area (Å²) >= 11 is 10.7. The lowest BCUT2D eigenvalue weighted by atomic mass is 10.3. The van der Waals surface area contributed by atoms with Crippen LogP contribution in [0.3, 0.4) is 0 Å². The molecule has 6 heteroatoms. The average Bonchev–Trinajstić information content (AvgIpc) is 2.32. The zero-order valence-electron chi connectivity index (χ0n) is 10.1. The summed E-state index contributed by atoms with van der Waals surface area (Å²) in [5.74, 6) is -0.430. The summed E-state index contributed by atoms with van der Waals surface area (Å²) in [5.41, 5.74) is 0.307. The Morgan fingerprint density at radius 2 is 2.28 bits per heavy atom. The number of nitrogens with one attached hydrogen (secondary N) is 2. The molecule has 0 bridgehead atoms. The van der Waals surface area contributed by atoms with Gasteiger partial charge in [0.1, 0.15) is 5.82 Å². The summed E-state index contributed by atoms with van der Waals surface area (Å²) in [6, 6.07) is 4.39. The van der Waals surface area contributed by atoms with Crippen LogP contribution in [-0.4, -0.2) is 24.9 Å². The van der Waals surface area contributed by atoms with Gasteiger partial charge in [0, 0.05) is 24.8 Å². The first-order chi connectivity index (χ1) is 8.63. The van der Waals surface area contributed by atoms with Crippen LogP contribution < -0.4 is 10.6 Å². The van der Waals surface area contributed by atoms with Gasteiger partial charge in [0.05, 0.1) is 5.69 Å². The third-order valence-electron chi connectivity index (χ3n) is 2.13. The fourth-order valence-corrected chi connectivity index (χ4v) is 1.65. The van der Waals surface area contributed by atoms with Crippen molar-refractivity contribution in [2.45, 2.75) is 13.3 Å². The topological polar surface area (TPSA) is 33.3 Å². The van der Waals surface area contributed by atoms with Gasteiger partial charge in [-0.3, -0.25) is 0 Å². The lowest BCUT2D eigenvalue weighted by Gasteiger charge is -2.11. The molecule has 0 unspecified atom stereocenters. The molecular weight excluding hydrogens is 275 g/mol. The zero-order valence-corrected chi connectivity index (χ0v) is 11.7. The van der Waals surface area contributed by atoms with Crippen molar-refractivity contribution in [1.82, 2.24) is 5.32 Å². The van der Waals surface area contributed by atoms with Crippen molar-refractivity contribution in [3.05, 3.63) is 29.0 Å². The Morgan fingerprint density at radius 1 is 1.50 bits per heavy atom. The van der Waals surface area contributed by atoms with E-state index in [2.05, 4.69) is 10.6 Å². The first-order valence-corrected chi connectivity index (χ1v) is 6.49. The lowest BCUT2D eigenvalue weighted by Crippen LogP contribution is -2.30. The monoisotopic (exact) mass is 290 g/mol. The van der Waals surface area contributed by atoms with E-state index in [1.807, 2.05) is 6.92 Å². The largest absolute Gasteiger partial charge is 0.382 e. The molecule has 0 aliphatic carbocycles. The Labute approximate surface area is 117 Å². The van der Waals surface area contributed by atoms with Crippen molar-refractivity contribution in [2.75, 3.05) is 25.1 Å². The Balaban J connectivity index is 2.31. The highest BCUT2D eigenvalue weighted by Gasteiger charge is 2.04. The van der Waals surface area contributed by atoms with Gasteiger partial charge >= 0.3 is 0 Å². The molecule has 100 valence electrons. The summed E-state index contributed by atoms with van der Waals surface area (Å²) in [6.45, 7) is 4.02. The maximum atomic E-state index is 13.4. The maximum absolute atomic E-state index is 13.4. The van der Waals surface area contributed by atoms with E-state index < -0.39 is 5.82 Å². The smallest absolute Gasteiger partial charge is 0.170 e. The minimum Gasteiger partial charge on any atom is -0.382 e. The Morgan fingerprint density at radius 3 is 2.94 bits per heavy atom. The van der Waals surface area contributed by atoms with E-state index in [9.17, 15) is 4.39 Å². The van der Waals surface area contributed by atoms with Gasteiger partial charge in [-0.2, -0.15) is 0 Å². The molecule has 0 fully saturated rings. The summed E-state index contributed by atoms with van der Waals surface area (Å²) in [7, 11) is 0. The highest BCUT2D eigenvalue weighted by atomic mass is 35.5. The summed E-state index contributed by atoms with van der Waals surface area (Å²) < 4.78 is 18.6. The lowest BCUT2D eigenvalue weighted by molar-refractivity contribution is 0.146. The third-order valence-corrected chi connectivity index (χ3v) is 2.62. The highest BCUT2D eigenvalue weighted by Crippen LogP contribution is 2.18. The van der Waals surface area contributed by atoms with Crippen molar-refractivity contribution in [1.29, 1.82) is 0 Å². The number of ether oxygens (including phenoxy) is 1. The second-order valence-electron chi connectivity index (χ2n) is 3.56. The molecule has 0 saturated heterocycles. The molecule has 0 radical (unpaired) electrons. The van der Waals surface area contributed by atoms with Crippen LogP contribution in [0.1, 0.15) is 13.3 Å². The molecule has 0 heterocycles. The fourth-order valence-electron chi connectivity index (χ4n) is 1.28. The van der Waals surface area contributed by atoms with Crippen LogP contribution in [0.4, 0.5) is 10.1 Å². The van der Waals surface area contributed by atoms with Gasteiger partial charge in [-0.25, -0.2) is 4.39 Å². The molecule has 3 nitrogen and oxygen atoms in total. The van der Waals surface area contributed by atoms with Crippen LogP contribution in [0.5, 0.6) is 0 Å². The minimum atomic E-state index is -0.430. The predicted octanol–water partition coefficient (Wildman–Crippen LogP) is 3.19. The van der Waals surface area contributed by atoms with Crippen molar-refractivity contribution >= 4 is 34.6 Å². The second kappa shape index (κ2) is 8.24. The van der Waals surface area contributed by atoms with Gasteiger partial charge in [-0.05, 0) is 43.8 Å². The first kappa shape index (κ1) is 15.1. The molecule has 18 heavy (non-hydrogen) atoms. The van der Waals surface area contributed by atoms with Gasteiger partial charge in [-0.1, -0.05) is 11.6 Å². The standard InChI is InChI=1S/C12H16ClFN2OS/c1-2-17-7-3-6-15-12(18)16-11-5-4-9(13)8-10(11)14/h4-5,8H,2-3,6-7H2,1H3,(H2,15,16,18). The van der Waals surface area contributed by atoms with E-state index in [-0.39, 0.29) is 0 Å². The van der Waals surface area contributed by atoms with Crippen LogP contribution >= 0.6 is 23.8 Å². The molecule has 1 aromatic rings. The fraction of sp³-hybridized carbons (Fsp3) is 0.417. The molecule has 0 amide bonds. The molecule has 2 N–H and O–H groups in total. The molecule has 1 aromatic carbocycles. The third kappa shape index (κ3) is 5.62. The second-order valence-corrected chi connectivity index (χ2v) is 4.40. The van der Waals surface area contributed by atoms with Gasteiger partial charge in [0.15, 0.2) is 5.11 Å². The van der Waals surface area contributed by atoms with Gasteiger partial charge in [0.25, 0.3) is 0 Å². The van der Waals surface area contributed by atoms with Crippen molar-refractivity contribution in [3.63, 3.8) is 0 Å². The average molecular weight is 291 g/mol. The van der Waals surface area contributed by atoms with Crippen molar-refractivity contribution in [2.24, 2.45) is 0 Å². The zero-order chi connectivity index (χ0) is 13.4. The Bertz CT molecular complexity index is 404. The number of rotatable bonds is 6. The van der Waals surface area contributed by atoms with E-state index >= 15 is 0 Å². The molecule has 0 aromatic heterocycles. The van der Waals surface area contributed by atoms with E-state index in [1.165, 1.54) is 6.07 Å². The molecule has 0 spiro atoms. The number of anilines is 1. The minimum absolute atomic E-state index is 0.307. The molecular formula is C12H16ClFN2OS. The Hall–Kier alpha value is -0.910. The van der Waals surface area contributed by atoms with Crippen LogP contribution in [0.25, 0.3) is 0 Å². The molecule has 0 aliphatic heterocycles. The quantitative estimate of drug-likeness (QED) is 0.623. The van der Waals surface area contributed by atoms with Crippen LogP contribution in [0.2, 0.25) is 5.02 Å². The highest BCUT2D eigenvalue weighted by molar-refractivity contribution is 7.80. The molecule has 0 aliphatic rings. The van der Waals surface area contributed by atoms with Crippen LogP contribution in [0, 0.1) is 5.82 Å². The molecule has 1 rings (SSSR count). The molecule has 0 saturated carbocycles. The summed E-state index contributed by atoms with van der Waals surface area (Å²) in [6.07, 6.45) is 0.846. The van der Waals surface area contributed by atoms with Crippen molar-refractivity contribution in [3.8, 4) is 0 Å². The predicted molar refractivity (Wildman–Crippen MR) is 76.7 cm³/mol. The van der Waals surface area contributed by atoms with E-state index in [1.54, 1.807) is 12.1 Å². The number of benzene rings is 1. The van der Waals surface area contributed by atoms with Gasteiger partial charge in [-0.15, -0.1) is 0 Å². The number of hydrogen-bond acceptors (Lipinski definition) is 2.